The monoisotopic (exact) mass is 270 g/mol. The van der Waals surface area contributed by atoms with Crippen LogP contribution in [0.3, 0.4) is 0 Å². The molecular weight excluding hydrogens is 253 g/mol. The average Bonchev–Trinajstić information content (AvgIpc) is 3.17. The Kier molecular flexibility index (Phi) is 3.06. The van der Waals surface area contributed by atoms with E-state index in [0.29, 0.717) is 6.54 Å². The molecule has 1 aromatic rings. The van der Waals surface area contributed by atoms with Gasteiger partial charge in [-0.25, -0.2) is 0 Å². The number of hydrogen-bond donors (Lipinski definition) is 2. The molecule has 0 bridgehead atoms. The Labute approximate surface area is 110 Å². The largest absolute Gasteiger partial charge is 0.406 e. The van der Waals surface area contributed by atoms with Gasteiger partial charge in [-0.05, 0) is 42.5 Å². The molecule has 104 valence electrons. The fourth-order valence-corrected chi connectivity index (χ4v) is 2.73. The molecule has 2 aliphatic rings. The van der Waals surface area contributed by atoms with E-state index in [-0.39, 0.29) is 12.8 Å². The molecule has 2 N–H and O–H groups in total. The zero-order valence-corrected chi connectivity index (χ0v) is 10.6. The third kappa shape index (κ3) is 2.37. The van der Waals surface area contributed by atoms with Crippen LogP contribution >= 0.6 is 0 Å². The van der Waals surface area contributed by atoms with Crippen molar-refractivity contribution in [3.8, 4) is 0 Å². The fraction of sp³-hybridized carbons (Fsp3) is 0.571. The molecular formula is C14H17F3N2. The van der Waals surface area contributed by atoms with Gasteiger partial charge in [-0.3, -0.25) is 5.32 Å². The first-order chi connectivity index (χ1) is 9.02. The summed E-state index contributed by atoms with van der Waals surface area (Å²) >= 11 is 0. The highest BCUT2D eigenvalue weighted by atomic mass is 19.4. The Bertz CT molecular complexity index is 478. The van der Waals surface area contributed by atoms with E-state index in [0.717, 1.165) is 25.1 Å². The first-order valence-electron chi connectivity index (χ1n) is 6.64. The number of alkyl halides is 3. The molecule has 0 spiro atoms. The molecule has 5 heteroatoms. The molecule has 1 heterocycles. The van der Waals surface area contributed by atoms with Gasteiger partial charge in [0.15, 0.2) is 0 Å². The minimum atomic E-state index is -4.14. The summed E-state index contributed by atoms with van der Waals surface area (Å²) in [6.07, 6.45) is -2.84. The molecule has 0 atom stereocenters. The summed E-state index contributed by atoms with van der Waals surface area (Å²) in [4.78, 5) is 0. The molecule has 1 saturated carbocycles. The highest BCUT2D eigenvalue weighted by molar-refractivity contribution is 5.37. The van der Waals surface area contributed by atoms with Gasteiger partial charge < -0.3 is 5.32 Å². The van der Waals surface area contributed by atoms with Crippen molar-refractivity contribution in [2.24, 2.45) is 0 Å². The SMILES string of the molecule is FC(F)(F)C1(NCc2cccc3c2CCNC3)CC1. The van der Waals surface area contributed by atoms with Crippen LogP contribution in [0, 0.1) is 0 Å². The van der Waals surface area contributed by atoms with E-state index in [9.17, 15) is 13.2 Å². The quantitative estimate of drug-likeness (QED) is 0.882. The first-order valence-corrected chi connectivity index (χ1v) is 6.64. The highest BCUT2D eigenvalue weighted by Crippen LogP contribution is 2.49. The molecule has 1 aliphatic heterocycles. The van der Waals surface area contributed by atoms with Crippen molar-refractivity contribution in [3.63, 3.8) is 0 Å². The number of benzene rings is 1. The lowest BCUT2D eigenvalue weighted by Gasteiger charge is -2.24. The zero-order valence-electron chi connectivity index (χ0n) is 10.6. The lowest BCUT2D eigenvalue weighted by Crippen LogP contribution is -2.44. The van der Waals surface area contributed by atoms with Crippen molar-refractivity contribution in [2.45, 2.75) is 44.1 Å². The van der Waals surface area contributed by atoms with Gasteiger partial charge in [0, 0.05) is 13.1 Å². The Balaban J connectivity index is 1.74. The van der Waals surface area contributed by atoms with Crippen LogP contribution in [0.2, 0.25) is 0 Å². The number of hydrogen-bond acceptors (Lipinski definition) is 2. The van der Waals surface area contributed by atoms with Gasteiger partial charge in [0.25, 0.3) is 0 Å². The van der Waals surface area contributed by atoms with Crippen LogP contribution in [-0.2, 0) is 19.5 Å². The third-order valence-corrected chi connectivity index (χ3v) is 4.15. The molecule has 1 fully saturated rings. The van der Waals surface area contributed by atoms with Crippen LogP contribution in [0.4, 0.5) is 13.2 Å². The smallest absolute Gasteiger partial charge is 0.312 e. The Morgan fingerprint density at radius 2 is 2.05 bits per heavy atom. The van der Waals surface area contributed by atoms with Crippen LogP contribution < -0.4 is 10.6 Å². The predicted molar refractivity (Wildman–Crippen MR) is 66.7 cm³/mol. The lowest BCUT2D eigenvalue weighted by molar-refractivity contribution is -0.166. The standard InChI is InChI=1S/C14H17F3N2/c15-14(16,17)13(5-6-13)19-9-11-3-1-2-10-8-18-7-4-12(10)11/h1-3,18-19H,4-9H2. The summed E-state index contributed by atoms with van der Waals surface area (Å²) in [6, 6.07) is 5.90. The van der Waals surface area contributed by atoms with Gasteiger partial charge in [0.2, 0.25) is 0 Å². The molecule has 1 aliphatic carbocycles. The molecule has 0 aromatic heterocycles. The van der Waals surface area contributed by atoms with Crippen LogP contribution in [0.15, 0.2) is 18.2 Å². The van der Waals surface area contributed by atoms with Crippen LogP contribution in [-0.4, -0.2) is 18.3 Å². The number of nitrogens with one attached hydrogen (secondary N) is 2. The zero-order chi connectivity index (χ0) is 13.5. The second-order valence-electron chi connectivity index (χ2n) is 5.42. The van der Waals surface area contributed by atoms with Gasteiger partial charge in [-0.1, -0.05) is 18.2 Å². The van der Waals surface area contributed by atoms with Crippen LogP contribution in [0.1, 0.15) is 29.5 Å². The average molecular weight is 270 g/mol. The van der Waals surface area contributed by atoms with Crippen molar-refractivity contribution in [3.05, 3.63) is 34.9 Å². The molecule has 0 amide bonds. The van der Waals surface area contributed by atoms with Gasteiger partial charge in [-0.2, -0.15) is 13.2 Å². The summed E-state index contributed by atoms with van der Waals surface area (Å²) in [5.74, 6) is 0. The fourth-order valence-electron chi connectivity index (χ4n) is 2.73. The summed E-state index contributed by atoms with van der Waals surface area (Å²) in [5, 5.41) is 6.01. The summed E-state index contributed by atoms with van der Waals surface area (Å²) in [6.45, 7) is 2.02. The summed E-state index contributed by atoms with van der Waals surface area (Å²) in [7, 11) is 0. The molecule has 3 rings (SSSR count). The molecule has 19 heavy (non-hydrogen) atoms. The van der Waals surface area contributed by atoms with E-state index in [1.165, 1.54) is 11.1 Å². The lowest BCUT2D eigenvalue weighted by atomic mass is 9.95. The Morgan fingerprint density at radius 1 is 1.26 bits per heavy atom. The topological polar surface area (TPSA) is 24.1 Å². The molecule has 2 nitrogen and oxygen atoms in total. The Hall–Kier alpha value is -1.07. The van der Waals surface area contributed by atoms with Crippen molar-refractivity contribution in [1.82, 2.24) is 10.6 Å². The summed E-state index contributed by atoms with van der Waals surface area (Å²) < 4.78 is 38.6. The second-order valence-corrected chi connectivity index (χ2v) is 5.42. The van der Waals surface area contributed by atoms with E-state index in [2.05, 4.69) is 10.6 Å². The minimum absolute atomic E-state index is 0.201. The number of halogens is 3. The highest BCUT2D eigenvalue weighted by Gasteiger charge is 2.62. The maximum Gasteiger partial charge on any atom is 0.406 e. The van der Waals surface area contributed by atoms with E-state index < -0.39 is 11.7 Å². The van der Waals surface area contributed by atoms with Crippen molar-refractivity contribution in [2.75, 3.05) is 6.54 Å². The second kappa shape index (κ2) is 4.49. The Morgan fingerprint density at radius 3 is 2.74 bits per heavy atom. The summed E-state index contributed by atoms with van der Waals surface area (Å²) in [5.41, 5.74) is 1.81. The van der Waals surface area contributed by atoms with Gasteiger partial charge >= 0.3 is 6.18 Å². The van der Waals surface area contributed by atoms with E-state index >= 15 is 0 Å². The normalized spacial score (nSPS) is 21.0. The van der Waals surface area contributed by atoms with Crippen molar-refractivity contribution >= 4 is 0 Å². The molecule has 1 aromatic carbocycles. The molecule has 0 saturated heterocycles. The van der Waals surface area contributed by atoms with Gasteiger partial charge in [0.05, 0.1) is 0 Å². The predicted octanol–water partition coefficient (Wildman–Crippen LogP) is 2.52. The van der Waals surface area contributed by atoms with Crippen molar-refractivity contribution < 1.29 is 13.2 Å². The maximum atomic E-state index is 12.9. The van der Waals surface area contributed by atoms with E-state index in [1.807, 2.05) is 18.2 Å². The van der Waals surface area contributed by atoms with Crippen LogP contribution in [0.5, 0.6) is 0 Å². The third-order valence-electron chi connectivity index (χ3n) is 4.15. The van der Waals surface area contributed by atoms with Gasteiger partial charge in [-0.15, -0.1) is 0 Å². The van der Waals surface area contributed by atoms with E-state index in [4.69, 9.17) is 0 Å². The van der Waals surface area contributed by atoms with Crippen LogP contribution in [0.25, 0.3) is 0 Å². The van der Waals surface area contributed by atoms with Gasteiger partial charge in [0.1, 0.15) is 5.54 Å². The van der Waals surface area contributed by atoms with Crippen molar-refractivity contribution in [1.29, 1.82) is 0 Å². The minimum Gasteiger partial charge on any atom is -0.312 e. The number of rotatable bonds is 3. The maximum absolute atomic E-state index is 12.9. The molecule has 0 unspecified atom stereocenters. The van der Waals surface area contributed by atoms with E-state index in [1.54, 1.807) is 0 Å². The number of fused-ring (bicyclic) bond motifs is 1. The molecule has 0 radical (unpaired) electrons. The first kappa shape index (κ1) is 12.9.